The summed E-state index contributed by atoms with van der Waals surface area (Å²) in [7, 11) is 0. The molecular formula is C12H9N6O6S-. The molecule has 1 heterocycles. The first-order valence-electron chi connectivity index (χ1n) is 6.46. The zero-order valence-electron chi connectivity index (χ0n) is 12.2. The summed E-state index contributed by atoms with van der Waals surface area (Å²) in [6.07, 6.45) is 1.13. The average molecular weight is 365 g/mol. The number of amides is 1. The molecule has 1 amide bonds. The number of aromatic nitrogens is 3. The fraction of sp³-hybridized carbons (Fsp3) is 0.0833. The Morgan fingerprint density at radius 3 is 2.88 bits per heavy atom. The largest absolute Gasteiger partial charge is 0.868 e. The van der Waals surface area contributed by atoms with Gasteiger partial charge in [-0.15, -0.1) is 0 Å². The fourth-order valence-corrected chi connectivity index (χ4v) is 2.16. The molecule has 1 aromatic heterocycles. The quantitative estimate of drug-likeness (QED) is 0.243. The van der Waals surface area contributed by atoms with Crippen LogP contribution in [0.3, 0.4) is 0 Å². The van der Waals surface area contributed by atoms with Crippen molar-refractivity contribution in [3.05, 3.63) is 54.7 Å². The minimum Gasteiger partial charge on any atom is -0.868 e. The van der Waals surface area contributed by atoms with Crippen LogP contribution in [0.1, 0.15) is 5.56 Å². The SMILES string of the molecule is O=C(CSc1n[nH]c(=O)[nH]c1=O)N/N=C\c1ccc([O-])c([N+](=O)[O-])c1. The van der Waals surface area contributed by atoms with E-state index in [1.165, 1.54) is 6.07 Å². The van der Waals surface area contributed by atoms with Crippen LogP contribution in [0.25, 0.3) is 0 Å². The van der Waals surface area contributed by atoms with Gasteiger partial charge in [-0.05, 0) is 5.75 Å². The van der Waals surface area contributed by atoms with Gasteiger partial charge in [0, 0.05) is 11.6 Å². The molecule has 0 aliphatic carbocycles. The van der Waals surface area contributed by atoms with Gasteiger partial charge in [-0.1, -0.05) is 23.9 Å². The van der Waals surface area contributed by atoms with Crippen LogP contribution in [-0.4, -0.2) is 38.0 Å². The van der Waals surface area contributed by atoms with Crippen LogP contribution >= 0.6 is 11.8 Å². The van der Waals surface area contributed by atoms with Crippen molar-refractivity contribution in [1.29, 1.82) is 0 Å². The second kappa shape index (κ2) is 7.87. The predicted molar refractivity (Wildman–Crippen MR) is 84.5 cm³/mol. The summed E-state index contributed by atoms with van der Waals surface area (Å²) in [5.74, 6) is -1.52. The van der Waals surface area contributed by atoms with Crippen molar-refractivity contribution in [3.8, 4) is 5.75 Å². The van der Waals surface area contributed by atoms with E-state index in [4.69, 9.17) is 0 Å². The van der Waals surface area contributed by atoms with Gasteiger partial charge in [0.25, 0.3) is 11.2 Å². The van der Waals surface area contributed by atoms with Gasteiger partial charge in [0.2, 0.25) is 5.91 Å². The molecule has 25 heavy (non-hydrogen) atoms. The summed E-state index contributed by atoms with van der Waals surface area (Å²) in [5.41, 5.74) is 0.302. The van der Waals surface area contributed by atoms with Gasteiger partial charge in [0.05, 0.1) is 16.9 Å². The van der Waals surface area contributed by atoms with E-state index in [0.717, 1.165) is 30.1 Å². The van der Waals surface area contributed by atoms with Crippen molar-refractivity contribution in [3.63, 3.8) is 0 Å². The number of thioether (sulfide) groups is 1. The van der Waals surface area contributed by atoms with Gasteiger partial charge in [-0.2, -0.15) is 10.2 Å². The highest BCUT2D eigenvalue weighted by atomic mass is 32.2. The third kappa shape index (κ3) is 5.00. The molecule has 0 aliphatic heterocycles. The summed E-state index contributed by atoms with van der Waals surface area (Å²) in [5, 5.41) is 30.9. The van der Waals surface area contributed by atoms with Gasteiger partial charge < -0.3 is 5.11 Å². The fourth-order valence-electron chi connectivity index (χ4n) is 1.54. The Balaban J connectivity index is 1.92. The highest BCUT2D eigenvalue weighted by molar-refractivity contribution is 7.99. The van der Waals surface area contributed by atoms with Gasteiger partial charge >= 0.3 is 5.69 Å². The molecule has 12 nitrogen and oxygen atoms in total. The van der Waals surface area contributed by atoms with E-state index in [2.05, 4.69) is 15.6 Å². The molecule has 0 bridgehead atoms. The first kappa shape index (κ1) is 17.9. The summed E-state index contributed by atoms with van der Waals surface area (Å²) in [6.45, 7) is 0. The van der Waals surface area contributed by atoms with E-state index >= 15 is 0 Å². The lowest BCUT2D eigenvalue weighted by molar-refractivity contribution is -0.398. The Hall–Kier alpha value is -3.48. The highest BCUT2D eigenvalue weighted by Crippen LogP contribution is 2.22. The van der Waals surface area contributed by atoms with Crippen molar-refractivity contribution < 1.29 is 14.8 Å². The molecule has 0 fully saturated rings. The second-order valence-corrected chi connectivity index (χ2v) is 5.34. The maximum absolute atomic E-state index is 11.6. The monoisotopic (exact) mass is 365 g/mol. The van der Waals surface area contributed by atoms with Crippen LogP contribution in [0.2, 0.25) is 0 Å². The van der Waals surface area contributed by atoms with Gasteiger partial charge in [-0.3, -0.25) is 24.7 Å². The Kier molecular flexibility index (Phi) is 5.62. The summed E-state index contributed by atoms with van der Waals surface area (Å²) >= 11 is 0.777. The number of nitro benzene ring substituents is 1. The van der Waals surface area contributed by atoms with Crippen LogP contribution in [0.15, 0.2) is 37.9 Å². The Morgan fingerprint density at radius 2 is 2.20 bits per heavy atom. The summed E-state index contributed by atoms with van der Waals surface area (Å²) in [6, 6.07) is 3.35. The third-order valence-electron chi connectivity index (χ3n) is 2.60. The second-order valence-electron chi connectivity index (χ2n) is 4.38. The number of aromatic amines is 2. The normalized spacial score (nSPS) is 10.7. The molecule has 0 saturated carbocycles. The van der Waals surface area contributed by atoms with E-state index in [-0.39, 0.29) is 16.3 Å². The molecule has 1 aromatic carbocycles. The van der Waals surface area contributed by atoms with Crippen LogP contribution < -0.4 is 21.8 Å². The number of carbonyl (C=O) groups excluding carboxylic acids is 1. The Morgan fingerprint density at radius 1 is 1.44 bits per heavy atom. The summed E-state index contributed by atoms with van der Waals surface area (Å²) < 4.78 is 0. The average Bonchev–Trinajstić information content (AvgIpc) is 2.55. The number of H-pyrrole nitrogens is 2. The van der Waals surface area contributed by atoms with E-state index in [1.807, 2.05) is 10.1 Å². The molecular weight excluding hydrogens is 356 g/mol. The topological polar surface area (TPSA) is 186 Å². The van der Waals surface area contributed by atoms with Gasteiger partial charge in [0.15, 0.2) is 5.03 Å². The van der Waals surface area contributed by atoms with Gasteiger partial charge in [0.1, 0.15) is 0 Å². The first-order chi connectivity index (χ1) is 11.9. The van der Waals surface area contributed by atoms with Gasteiger partial charge in [-0.25, -0.2) is 15.3 Å². The Bertz CT molecular complexity index is 952. The van der Waals surface area contributed by atoms with Crippen LogP contribution in [0.5, 0.6) is 5.75 Å². The number of nitro groups is 1. The molecule has 0 unspecified atom stereocenters. The minimum atomic E-state index is -0.816. The van der Waals surface area contributed by atoms with E-state index in [0.29, 0.717) is 0 Å². The van der Waals surface area contributed by atoms with Crippen molar-refractivity contribution in [2.75, 3.05) is 5.75 Å². The molecule has 0 radical (unpaired) electrons. The maximum Gasteiger partial charge on any atom is 0.342 e. The van der Waals surface area contributed by atoms with E-state index in [9.17, 15) is 29.6 Å². The van der Waals surface area contributed by atoms with E-state index in [1.54, 1.807) is 0 Å². The smallest absolute Gasteiger partial charge is 0.342 e. The van der Waals surface area contributed by atoms with Crippen molar-refractivity contribution in [2.24, 2.45) is 5.10 Å². The number of nitrogens with zero attached hydrogens (tertiary/aromatic N) is 3. The number of benzene rings is 1. The predicted octanol–water partition coefficient (Wildman–Crippen LogP) is -1.32. The Labute approximate surface area is 142 Å². The molecule has 0 atom stereocenters. The molecule has 2 rings (SSSR count). The lowest BCUT2D eigenvalue weighted by atomic mass is 10.2. The number of carbonyl (C=O) groups is 1. The summed E-state index contributed by atoms with van der Waals surface area (Å²) in [4.78, 5) is 45.6. The zero-order valence-corrected chi connectivity index (χ0v) is 13.0. The number of hydrazone groups is 1. The lowest BCUT2D eigenvalue weighted by Crippen LogP contribution is -2.26. The van der Waals surface area contributed by atoms with Crippen molar-refractivity contribution in [2.45, 2.75) is 5.03 Å². The lowest BCUT2D eigenvalue weighted by Gasteiger charge is -2.05. The molecule has 13 heteroatoms. The molecule has 0 aliphatic rings. The van der Waals surface area contributed by atoms with Crippen molar-refractivity contribution in [1.82, 2.24) is 20.6 Å². The molecule has 3 N–H and O–H groups in total. The van der Waals surface area contributed by atoms with Crippen LogP contribution in [0, 0.1) is 10.1 Å². The number of hydrogen-bond acceptors (Lipinski definition) is 9. The molecule has 130 valence electrons. The third-order valence-corrected chi connectivity index (χ3v) is 3.56. The number of hydrogen-bond donors (Lipinski definition) is 3. The molecule has 2 aromatic rings. The van der Waals surface area contributed by atoms with Crippen LogP contribution in [-0.2, 0) is 4.79 Å². The molecule has 0 saturated heterocycles. The minimum absolute atomic E-state index is 0.0969. The van der Waals surface area contributed by atoms with Crippen LogP contribution in [0.4, 0.5) is 5.69 Å². The maximum atomic E-state index is 11.6. The standard InChI is InChI=1S/C12H10N6O6S/c19-8-2-1-6(3-7(8)18(23)24)4-13-15-9(20)5-25-11-10(21)14-12(22)17-16-11/h1-4,19H,5H2,(H,15,20)(H2,14,17,21,22)/p-1/b13-4-. The zero-order chi connectivity index (χ0) is 18.4. The first-order valence-corrected chi connectivity index (χ1v) is 7.44. The van der Waals surface area contributed by atoms with E-state index < -0.39 is 33.5 Å². The molecule has 0 spiro atoms. The van der Waals surface area contributed by atoms with Crippen molar-refractivity contribution >= 4 is 29.6 Å². The number of rotatable bonds is 6. The highest BCUT2D eigenvalue weighted by Gasteiger charge is 2.08. The number of nitrogens with one attached hydrogen (secondary N) is 3.